The summed E-state index contributed by atoms with van der Waals surface area (Å²) in [6, 6.07) is 0. The minimum atomic E-state index is -0.531. The fourth-order valence-electron chi connectivity index (χ4n) is 0.641. The van der Waals surface area contributed by atoms with E-state index in [0.717, 1.165) is 25.7 Å². The Morgan fingerprint density at radius 3 is 1.75 bits per heavy atom. The normalized spacial score (nSPS) is 9.50. The standard InChI is InChI=1S/C9H18O3/c1-3-5-7-11-9(10)12-8-6-4-2/h3-8H2,1-2H3. The molecule has 0 aromatic heterocycles. The molecule has 12 heavy (non-hydrogen) atoms. The van der Waals surface area contributed by atoms with Crippen molar-refractivity contribution in [3.63, 3.8) is 0 Å². The molecule has 0 amide bonds. The number of carbonyl (C=O) groups excluding carboxylic acids is 1. The maximum atomic E-state index is 10.7. The van der Waals surface area contributed by atoms with Crippen LogP contribution in [0.3, 0.4) is 0 Å². The fourth-order valence-corrected chi connectivity index (χ4v) is 0.641. The first-order valence-electron chi connectivity index (χ1n) is 4.60. The number of hydrogen-bond acceptors (Lipinski definition) is 3. The first kappa shape index (κ1) is 11.3. The quantitative estimate of drug-likeness (QED) is 0.459. The molecule has 0 spiro atoms. The molecule has 0 aliphatic heterocycles. The lowest BCUT2D eigenvalue weighted by Crippen LogP contribution is -2.09. The largest absolute Gasteiger partial charge is 0.508 e. The lowest BCUT2D eigenvalue weighted by atomic mass is 10.4. The van der Waals surface area contributed by atoms with Crippen molar-refractivity contribution in [3.8, 4) is 0 Å². The van der Waals surface area contributed by atoms with Crippen molar-refractivity contribution in [3.05, 3.63) is 0 Å². The Balaban J connectivity index is 3.10. The molecule has 0 atom stereocenters. The highest BCUT2D eigenvalue weighted by molar-refractivity contribution is 5.59. The van der Waals surface area contributed by atoms with E-state index in [0.29, 0.717) is 13.2 Å². The van der Waals surface area contributed by atoms with Gasteiger partial charge in [0, 0.05) is 0 Å². The van der Waals surface area contributed by atoms with Crippen LogP contribution in [0.15, 0.2) is 0 Å². The highest BCUT2D eigenvalue weighted by Crippen LogP contribution is 1.93. The first-order chi connectivity index (χ1) is 5.81. The summed E-state index contributed by atoms with van der Waals surface area (Å²) in [6.07, 6.45) is 3.34. The van der Waals surface area contributed by atoms with Crippen LogP contribution in [0.1, 0.15) is 39.5 Å². The fraction of sp³-hybridized carbons (Fsp3) is 0.889. The van der Waals surface area contributed by atoms with E-state index < -0.39 is 6.16 Å². The van der Waals surface area contributed by atoms with Crippen LogP contribution in [0.5, 0.6) is 0 Å². The lowest BCUT2D eigenvalue weighted by Gasteiger charge is -2.04. The Labute approximate surface area is 74.0 Å². The Kier molecular flexibility index (Phi) is 7.86. The third kappa shape index (κ3) is 7.38. The van der Waals surface area contributed by atoms with Gasteiger partial charge in [-0.25, -0.2) is 4.79 Å². The van der Waals surface area contributed by atoms with Gasteiger partial charge in [0.1, 0.15) is 0 Å². The molecule has 0 aromatic rings. The van der Waals surface area contributed by atoms with Gasteiger partial charge >= 0.3 is 6.16 Å². The van der Waals surface area contributed by atoms with E-state index in [2.05, 4.69) is 0 Å². The second-order valence-electron chi connectivity index (χ2n) is 2.65. The van der Waals surface area contributed by atoms with Crippen molar-refractivity contribution in [2.75, 3.05) is 13.2 Å². The Bertz CT molecular complexity index is 100. The Morgan fingerprint density at radius 1 is 1.00 bits per heavy atom. The molecule has 3 heteroatoms. The van der Waals surface area contributed by atoms with Crippen LogP contribution in [0.2, 0.25) is 0 Å². The maximum Gasteiger partial charge on any atom is 0.508 e. The molecule has 0 unspecified atom stereocenters. The lowest BCUT2D eigenvalue weighted by molar-refractivity contribution is 0.0536. The average Bonchev–Trinajstić information content (AvgIpc) is 2.06. The molecule has 0 aliphatic carbocycles. The minimum absolute atomic E-state index is 0.474. The van der Waals surface area contributed by atoms with Crippen LogP contribution in [0.4, 0.5) is 4.79 Å². The summed E-state index contributed by atoms with van der Waals surface area (Å²) in [6.45, 7) is 5.04. The number of hydrogen-bond donors (Lipinski definition) is 0. The molecular formula is C9H18O3. The summed E-state index contributed by atoms with van der Waals surface area (Å²) in [7, 11) is 0. The second kappa shape index (κ2) is 8.37. The molecule has 0 heterocycles. The summed E-state index contributed by atoms with van der Waals surface area (Å²) in [5.74, 6) is 0. The maximum absolute atomic E-state index is 10.7. The SMILES string of the molecule is CCCCOC(=O)OCCCC. The van der Waals surface area contributed by atoms with Crippen LogP contribution in [-0.4, -0.2) is 19.4 Å². The number of unbranched alkanes of at least 4 members (excludes halogenated alkanes) is 2. The van der Waals surface area contributed by atoms with Crippen molar-refractivity contribution in [2.45, 2.75) is 39.5 Å². The predicted octanol–water partition coefficient (Wildman–Crippen LogP) is 2.74. The summed E-state index contributed by atoms with van der Waals surface area (Å²) in [5, 5.41) is 0. The number of rotatable bonds is 6. The van der Waals surface area contributed by atoms with Gasteiger partial charge in [-0.2, -0.15) is 0 Å². The van der Waals surface area contributed by atoms with E-state index in [1.807, 2.05) is 13.8 Å². The second-order valence-corrected chi connectivity index (χ2v) is 2.65. The summed E-state index contributed by atoms with van der Waals surface area (Å²) < 4.78 is 9.54. The smallest absolute Gasteiger partial charge is 0.434 e. The van der Waals surface area contributed by atoms with Crippen LogP contribution < -0.4 is 0 Å². The summed E-state index contributed by atoms with van der Waals surface area (Å²) in [4.78, 5) is 10.7. The first-order valence-corrected chi connectivity index (χ1v) is 4.60. The van der Waals surface area contributed by atoms with Gasteiger partial charge in [0.05, 0.1) is 13.2 Å². The predicted molar refractivity (Wildman–Crippen MR) is 47.1 cm³/mol. The van der Waals surface area contributed by atoms with Crippen molar-refractivity contribution < 1.29 is 14.3 Å². The zero-order chi connectivity index (χ0) is 9.23. The van der Waals surface area contributed by atoms with Gasteiger partial charge in [0.25, 0.3) is 0 Å². The third-order valence-electron chi connectivity index (χ3n) is 1.44. The van der Waals surface area contributed by atoms with E-state index in [-0.39, 0.29) is 0 Å². The van der Waals surface area contributed by atoms with E-state index in [1.54, 1.807) is 0 Å². The van der Waals surface area contributed by atoms with Crippen LogP contribution in [0, 0.1) is 0 Å². The van der Waals surface area contributed by atoms with Gasteiger partial charge in [-0.05, 0) is 12.8 Å². The molecule has 3 nitrogen and oxygen atoms in total. The van der Waals surface area contributed by atoms with Gasteiger partial charge in [-0.1, -0.05) is 26.7 Å². The van der Waals surface area contributed by atoms with Crippen molar-refractivity contribution in [2.24, 2.45) is 0 Å². The van der Waals surface area contributed by atoms with Gasteiger partial charge in [0.15, 0.2) is 0 Å². The topological polar surface area (TPSA) is 35.5 Å². The van der Waals surface area contributed by atoms with Crippen molar-refractivity contribution in [1.82, 2.24) is 0 Å². The molecule has 0 rings (SSSR count). The summed E-state index contributed by atoms with van der Waals surface area (Å²) in [5.41, 5.74) is 0. The van der Waals surface area contributed by atoms with Crippen molar-refractivity contribution >= 4 is 6.16 Å². The molecule has 0 bridgehead atoms. The highest BCUT2D eigenvalue weighted by Gasteiger charge is 2.00. The molecule has 0 fully saturated rings. The molecule has 0 radical (unpaired) electrons. The van der Waals surface area contributed by atoms with E-state index in [4.69, 9.17) is 9.47 Å². The molecule has 72 valence electrons. The zero-order valence-electron chi connectivity index (χ0n) is 7.97. The van der Waals surface area contributed by atoms with Crippen LogP contribution in [0.25, 0.3) is 0 Å². The number of ether oxygens (including phenoxy) is 2. The molecule has 0 saturated heterocycles. The monoisotopic (exact) mass is 174 g/mol. The van der Waals surface area contributed by atoms with E-state index >= 15 is 0 Å². The Morgan fingerprint density at radius 2 is 1.42 bits per heavy atom. The Hall–Kier alpha value is -0.730. The molecular weight excluding hydrogens is 156 g/mol. The van der Waals surface area contributed by atoms with Gasteiger partial charge in [0.2, 0.25) is 0 Å². The third-order valence-corrected chi connectivity index (χ3v) is 1.44. The minimum Gasteiger partial charge on any atom is -0.434 e. The average molecular weight is 174 g/mol. The van der Waals surface area contributed by atoms with Gasteiger partial charge in [-0.3, -0.25) is 0 Å². The highest BCUT2D eigenvalue weighted by atomic mass is 16.7. The number of carbonyl (C=O) groups is 1. The van der Waals surface area contributed by atoms with Crippen LogP contribution >= 0.6 is 0 Å². The molecule has 0 N–H and O–H groups in total. The molecule has 0 aliphatic rings. The molecule has 0 aromatic carbocycles. The van der Waals surface area contributed by atoms with E-state index in [1.165, 1.54) is 0 Å². The summed E-state index contributed by atoms with van der Waals surface area (Å²) >= 11 is 0. The molecule has 0 saturated carbocycles. The van der Waals surface area contributed by atoms with E-state index in [9.17, 15) is 4.79 Å². The van der Waals surface area contributed by atoms with Gasteiger partial charge in [-0.15, -0.1) is 0 Å². The zero-order valence-corrected chi connectivity index (χ0v) is 7.97. The van der Waals surface area contributed by atoms with Crippen molar-refractivity contribution in [1.29, 1.82) is 0 Å². The van der Waals surface area contributed by atoms with Gasteiger partial charge < -0.3 is 9.47 Å². The van der Waals surface area contributed by atoms with Crippen LogP contribution in [-0.2, 0) is 9.47 Å².